The van der Waals surface area contributed by atoms with E-state index in [9.17, 15) is 14.0 Å². The molecule has 120 valence electrons. The highest BCUT2D eigenvalue weighted by Crippen LogP contribution is 2.19. The lowest BCUT2D eigenvalue weighted by molar-refractivity contribution is -0.144. The Labute approximate surface area is 129 Å². The van der Waals surface area contributed by atoms with Crippen molar-refractivity contribution in [3.8, 4) is 0 Å². The molecule has 1 atom stereocenters. The highest BCUT2D eigenvalue weighted by molar-refractivity contribution is 6.39. The van der Waals surface area contributed by atoms with Crippen LogP contribution in [0.5, 0.6) is 0 Å². The van der Waals surface area contributed by atoms with E-state index in [1.807, 2.05) is 0 Å². The summed E-state index contributed by atoms with van der Waals surface area (Å²) in [7, 11) is 0. The van der Waals surface area contributed by atoms with Crippen molar-refractivity contribution in [3.05, 3.63) is 29.6 Å². The standard InChI is InChI=1S/C16H21FN2O3/c1-3-19(10-12-7-5-9-22-12)16(21)15(20)18-14-11(2)6-4-8-13(14)17/h4,6,8,12H,3,5,7,9-10H2,1-2H3,(H,18,20)/t12-/m0/s1. The lowest BCUT2D eigenvalue weighted by atomic mass is 10.2. The summed E-state index contributed by atoms with van der Waals surface area (Å²) in [5, 5.41) is 2.37. The van der Waals surface area contributed by atoms with Gasteiger partial charge in [0.15, 0.2) is 0 Å². The van der Waals surface area contributed by atoms with Crippen LogP contribution in [0.3, 0.4) is 0 Å². The topological polar surface area (TPSA) is 58.6 Å². The monoisotopic (exact) mass is 308 g/mol. The zero-order valence-corrected chi connectivity index (χ0v) is 12.9. The van der Waals surface area contributed by atoms with Crippen molar-refractivity contribution >= 4 is 17.5 Å². The minimum atomic E-state index is -0.826. The Morgan fingerprint density at radius 3 is 2.82 bits per heavy atom. The van der Waals surface area contributed by atoms with Gasteiger partial charge in [0, 0.05) is 19.7 Å². The SMILES string of the molecule is CCN(C[C@@H]1CCCO1)C(=O)C(=O)Nc1c(C)cccc1F. The maximum Gasteiger partial charge on any atom is 0.313 e. The average molecular weight is 308 g/mol. The van der Waals surface area contributed by atoms with Crippen molar-refractivity contribution in [1.82, 2.24) is 4.90 Å². The molecule has 1 aliphatic rings. The number of ether oxygens (including phenoxy) is 1. The molecule has 1 aliphatic heterocycles. The molecule has 1 heterocycles. The van der Waals surface area contributed by atoms with Crippen LogP contribution >= 0.6 is 0 Å². The van der Waals surface area contributed by atoms with Gasteiger partial charge in [0.05, 0.1) is 11.8 Å². The molecule has 0 aliphatic carbocycles. The summed E-state index contributed by atoms with van der Waals surface area (Å²) in [6.45, 7) is 4.96. The third-order valence-electron chi connectivity index (χ3n) is 3.77. The lowest BCUT2D eigenvalue weighted by Gasteiger charge is -2.23. The second kappa shape index (κ2) is 7.35. The Balaban J connectivity index is 2.02. The first-order valence-electron chi connectivity index (χ1n) is 7.50. The van der Waals surface area contributed by atoms with Crippen LogP contribution < -0.4 is 5.32 Å². The number of likely N-dealkylation sites (N-methyl/N-ethyl adjacent to an activating group) is 1. The summed E-state index contributed by atoms with van der Waals surface area (Å²) >= 11 is 0. The lowest BCUT2D eigenvalue weighted by Crippen LogP contribution is -2.43. The second-order valence-electron chi connectivity index (χ2n) is 5.36. The minimum absolute atomic E-state index is 0.0214. The summed E-state index contributed by atoms with van der Waals surface area (Å²) in [5.41, 5.74) is 0.623. The predicted molar refractivity (Wildman–Crippen MR) is 81.0 cm³/mol. The van der Waals surface area contributed by atoms with Crippen LogP contribution in [-0.4, -0.2) is 42.5 Å². The Hall–Kier alpha value is -1.95. The van der Waals surface area contributed by atoms with Gasteiger partial charge < -0.3 is 15.0 Å². The molecule has 1 aromatic carbocycles. The third kappa shape index (κ3) is 3.82. The fourth-order valence-electron chi connectivity index (χ4n) is 2.49. The maximum atomic E-state index is 13.7. The molecule has 2 rings (SSSR count). The van der Waals surface area contributed by atoms with Gasteiger partial charge in [0.2, 0.25) is 0 Å². The molecule has 0 saturated carbocycles. The number of aryl methyl sites for hydroxylation is 1. The molecule has 0 radical (unpaired) electrons. The van der Waals surface area contributed by atoms with Gasteiger partial charge in [-0.1, -0.05) is 12.1 Å². The van der Waals surface area contributed by atoms with Crippen LogP contribution in [0.25, 0.3) is 0 Å². The van der Waals surface area contributed by atoms with Crippen LogP contribution in [0, 0.1) is 12.7 Å². The predicted octanol–water partition coefficient (Wildman–Crippen LogP) is 2.10. The smallest absolute Gasteiger partial charge is 0.313 e. The third-order valence-corrected chi connectivity index (χ3v) is 3.77. The van der Waals surface area contributed by atoms with Gasteiger partial charge in [-0.25, -0.2) is 4.39 Å². The molecule has 5 nitrogen and oxygen atoms in total. The molecule has 22 heavy (non-hydrogen) atoms. The van der Waals surface area contributed by atoms with Gasteiger partial charge in [0.1, 0.15) is 5.82 Å². The number of halogens is 1. The largest absolute Gasteiger partial charge is 0.376 e. The van der Waals surface area contributed by atoms with E-state index < -0.39 is 17.6 Å². The Bertz CT molecular complexity index is 536. The van der Waals surface area contributed by atoms with Gasteiger partial charge in [-0.05, 0) is 38.3 Å². The van der Waals surface area contributed by atoms with Crippen LogP contribution in [0.2, 0.25) is 0 Å². The van der Waals surface area contributed by atoms with Crippen LogP contribution in [0.15, 0.2) is 18.2 Å². The number of anilines is 1. The summed E-state index contributed by atoms with van der Waals surface area (Å²) < 4.78 is 19.2. The molecule has 1 N–H and O–H groups in total. The average Bonchev–Trinajstić information content (AvgIpc) is 3.01. The normalized spacial score (nSPS) is 17.3. The number of carbonyl (C=O) groups is 2. The number of amides is 2. The zero-order valence-electron chi connectivity index (χ0n) is 12.9. The number of hydrogen-bond acceptors (Lipinski definition) is 3. The fourth-order valence-corrected chi connectivity index (χ4v) is 2.49. The molecule has 0 aromatic heterocycles. The molecule has 0 bridgehead atoms. The molecule has 1 fully saturated rings. The van der Waals surface area contributed by atoms with Crippen molar-refractivity contribution in [2.45, 2.75) is 32.8 Å². The van der Waals surface area contributed by atoms with Crippen molar-refractivity contribution < 1.29 is 18.7 Å². The number of nitrogens with one attached hydrogen (secondary N) is 1. The molecule has 2 amide bonds. The molecule has 0 unspecified atom stereocenters. The summed E-state index contributed by atoms with van der Waals surface area (Å²) in [5.74, 6) is -2.04. The summed E-state index contributed by atoms with van der Waals surface area (Å²) in [4.78, 5) is 25.7. The quantitative estimate of drug-likeness (QED) is 0.867. The van der Waals surface area contributed by atoms with E-state index in [-0.39, 0.29) is 11.8 Å². The molecule has 1 aromatic rings. The van der Waals surface area contributed by atoms with Gasteiger partial charge in [-0.3, -0.25) is 9.59 Å². The number of carbonyl (C=O) groups excluding carboxylic acids is 2. The van der Waals surface area contributed by atoms with E-state index in [0.717, 1.165) is 12.8 Å². The number of benzene rings is 1. The van der Waals surface area contributed by atoms with E-state index >= 15 is 0 Å². The van der Waals surface area contributed by atoms with Gasteiger partial charge in [-0.15, -0.1) is 0 Å². The second-order valence-corrected chi connectivity index (χ2v) is 5.36. The van der Waals surface area contributed by atoms with Crippen LogP contribution in [0.4, 0.5) is 10.1 Å². The number of para-hydroxylation sites is 1. The minimum Gasteiger partial charge on any atom is -0.376 e. The van der Waals surface area contributed by atoms with E-state index in [1.54, 1.807) is 26.0 Å². The van der Waals surface area contributed by atoms with E-state index in [1.165, 1.54) is 11.0 Å². The zero-order chi connectivity index (χ0) is 16.1. The summed E-state index contributed by atoms with van der Waals surface area (Å²) in [6, 6.07) is 4.47. The number of hydrogen-bond donors (Lipinski definition) is 1. The number of rotatable bonds is 4. The van der Waals surface area contributed by atoms with Crippen molar-refractivity contribution in [3.63, 3.8) is 0 Å². The van der Waals surface area contributed by atoms with Gasteiger partial charge in [-0.2, -0.15) is 0 Å². The van der Waals surface area contributed by atoms with Crippen LogP contribution in [0.1, 0.15) is 25.3 Å². The molecule has 1 saturated heterocycles. The Morgan fingerprint density at radius 1 is 1.45 bits per heavy atom. The fraction of sp³-hybridized carbons (Fsp3) is 0.500. The highest BCUT2D eigenvalue weighted by Gasteiger charge is 2.26. The molecular weight excluding hydrogens is 287 g/mol. The molecule has 6 heteroatoms. The van der Waals surface area contributed by atoms with Crippen molar-refractivity contribution in [2.75, 3.05) is 25.0 Å². The first kappa shape index (κ1) is 16.4. The van der Waals surface area contributed by atoms with Gasteiger partial charge in [0.25, 0.3) is 0 Å². The van der Waals surface area contributed by atoms with E-state index in [0.29, 0.717) is 25.3 Å². The molecule has 0 spiro atoms. The van der Waals surface area contributed by atoms with Crippen LogP contribution in [-0.2, 0) is 14.3 Å². The number of nitrogens with zero attached hydrogens (tertiary/aromatic N) is 1. The van der Waals surface area contributed by atoms with Crippen molar-refractivity contribution in [2.24, 2.45) is 0 Å². The van der Waals surface area contributed by atoms with Gasteiger partial charge >= 0.3 is 11.8 Å². The Kier molecular flexibility index (Phi) is 5.49. The first-order chi connectivity index (χ1) is 10.5. The van der Waals surface area contributed by atoms with Crippen molar-refractivity contribution in [1.29, 1.82) is 0 Å². The first-order valence-corrected chi connectivity index (χ1v) is 7.50. The Morgan fingerprint density at radius 2 is 2.23 bits per heavy atom. The van der Waals surface area contributed by atoms with E-state index in [4.69, 9.17) is 4.74 Å². The highest BCUT2D eigenvalue weighted by atomic mass is 19.1. The summed E-state index contributed by atoms with van der Waals surface area (Å²) in [6.07, 6.45) is 1.83. The van der Waals surface area contributed by atoms with E-state index in [2.05, 4.69) is 5.32 Å². The maximum absolute atomic E-state index is 13.7. The molecular formula is C16H21FN2O3.